The van der Waals surface area contributed by atoms with Crippen molar-refractivity contribution in [1.82, 2.24) is 10.6 Å². The Balaban J connectivity index is 4.43. The molecule has 4 unspecified atom stereocenters. The van der Waals surface area contributed by atoms with Gasteiger partial charge >= 0.3 is 23.5 Å². The van der Waals surface area contributed by atoms with Gasteiger partial charge in [0.05, 0.1) is 53.1 Å². The third kappa shape index (κ3) is 18.5. The van der Waals surface area contributed by atoms with Crippen molar-refractivity contribution in [3.8, 4) is 0 Å². The molecule has 0 saturated carbocycles. The Morgan fingerprint density at radius 2 is 1.22 bits per heavy atom. The summed E-state index contributed by atoms with van der Waals surface area (Å²) in [6.45, 7) is -3.26. The van der Waals surface area contributed by atoms with E-state index in [1.54, 1.807) is 14.1 Å². The van der Waals surface area contributed by atoms with Crippen molar-refractivity contribution in [3.63, 3.8) is 0 Å². The van der Waals surface area contributed by atoms with E-state index < -0.39 is 62.1 Å². The summed E-state index contributed by atoms with van der Waals surface area (Å²) in [6.07, 6.45) is -2.57. The first-order valence-electron chi connectivity index (χ1n) is 8.91. The molecule has 0 spiro atoms. The topological polar surface area (TPSA) is 241 Å². The highest BCUT2D eigenvalue weighted by atomic mass is 31.2. The van der Waals surface area contributed by atoms with Crippen LogP contribution in [0.2, 0.25) is 0 Å². The smallest absolute Gasteiger partial charge is 0.394 e. The molecule has 0 bridgehead atoms. The van der Waals surface area contributed by atoms with Crippen LogP contribution >= 0.6 is 23.5 Å². The van der Waals surface area contributed by atoms with Gasteiger partial charge in [0.1, 0.15) is 12.2 Å². The number of aliphatic hydroxyl groups is 1. The molecule has 0 aromatic rings. The molecule has 7 N–H and O–H groups in total. The quantitative estimate of drug-likeness (QED) is 0.0500. The van der Waals surface area contributed by atoms with E-state index in [2.05, 4.69) is 28.7 Å². The minimum Gasteiger partial charge on any atom is -0.394 e. The fourth-order valence-electron chi connectivity index (χ4n) is 1.74. The Labute approximate surface area is 184 Å². The third-order valence-corrected chi connectivity index (χ3v) is 5.52. The maximum absolute atomic E-state index is 11.8. The van der Waals surface area contributed by atoms with Crippen molar-refractivity contribution in [1.29, 1.82) is 0 Å². The monoisotopic (exact) mass is 536 g/mol. The summed E-state index contributed by atoms with van der Waals surface area (Å²) in [5.74, 6) is 0. The molecule has 0 aromatic heterocycles. The van der Waals surface area contributed by atoms with E-state index in [4.69, 9.17) is 28.9 Å². The fourth-order valence-corrected chi connectivity index (χ4v) is 3.86. The average molecular weight is 536 g/mol. The molecule has 20 heteroatoms. The molecule has 0 rings (SSSR count). The van der Waals surface area contributed by atoms with Crippen LogP contribution in [0.3, 0.4) is 0 Å². The van der Waals surface area contributed by atoms with Crippen molar-refractivity contribution < 1.29 is 70.5 Å². The van der Waals surface area contributed by atoms with Gasteiger partial charge in [-0.25, -0.2) is 13.7 Å². The van der Waals surface area contributed by atoms with Gasteiger partial charge in [-0.2, -0.15) is 0 Å². The molecule has 0 amide bonds. The Kier molecular flexibility index (Phi) is 16.8. The summed E-state index contributed by atoms with van der Waals surface area (Å²) in [7, 11) is -11.2. The standard InChI is InChI=1S/C12H31N2O15P3/c1-13-9-23-6-11(5-15)29-32(21,22)26-4-3-25-31(19,20)27-8-12(7-24-10-14-2)28-30(16,17)18/h11-15H,3-10H2,1-2H3,(H,19,20)(H,21,22)(H2,16,17,18). The van der Waals surface area contributed by atoms with Crippen LogP contribution in [0.15, 0.2) is 0 Å². The van der Waals surface area contributed by atoms with Crippen LogP contribution in [0.5, 0.6) is 0 Å². The largest absolute Gasteiger partial charge is 0.472 e. The average Bonchev–Trinajstić information content (AvgIpc) is 2.68. The lowest BCUT2D eigenvalue weighted by molar-refractivity contribution is -0.00824. The van der Waals surface area contributed by atoms with Gasteiger partial charge in [0.15, 0.2) is 0 Å². The van der Waals surface area contributed by atoms with Gasteiger partial charge < -0.3 is 34.2 Å². The van der Waals surface area contributed by atoms with E-state index in [0.717, 1.165) is 0 Å². The van der Waals surface area contributed by atoms with Crippen LogP contribution in [0.25, 0.3) is 0 Å². The van der Waals surface area contributed by atoms with Gasteiger partial charge in [0.25, 0.3) is 0 Å². The minimum atomic E-state index is -4.94. The molecule has 0 radical (unpaired) electrons. The summed E-state index contributed by atoms with van der Waals surface area (Å²) < 4.78 is 67.3. The zero-order chi connectivity index (χ0) is 24.7. The zero-order valence-electron chi connectivity index (χ0n) is 17.5. The second-order valence-electron chi connectivity index (χ2n) is 5.76. The highest BCUT2D eigenvalue weighted by Crippen LogP contribution is 2.47. The molecule has 0 aliphatic rings. The number of hydrogen-bond donors (Lipinski definition) is 7. The Bertz CT molecular complexity index is 635. The molecule has 0 aliphatic heterocycles. The number of nitrogens with one attached hydrogen (secondary N) is 2. The molecule has 17 nitrogen and oxygen atoms in total. The normalized spacial score (nSPS) is 18.1. The molecule has 0 saturated heterocycles. The van der Waals surface area contributed by atoms with Crippen molar-refractivity contribution in [2.45, 2.75) is 12.2 Å². The number of ether oxygens (including phenoxy) is 2. The Morgan fingerprint density at radius 1 is 0.719 bits per heavy atom. The van der Waals surface area contributed by atoms with E-state index in [9.17, 15) is 23.5 Å². The van der Waals surface area contributed by atoms with Crippen LogP contribution in [-0.4, -0.2) is 104 Å². The van der Waals surface area contributed by atoms with E-state index in [0.29, 0.717) is 0 Å². The van der Waals surface area contributed by atoms with Gasteiger partial charge in [-0.05, 0) is 14.1 Å². The first-order chi connectivity index (χ1) is 14.8. The number of phosphoric ester groups is 3. The van der Waals surface area contributed by atoms with Gasteiger partial charge in [-0.3, -0.25) is 33.3 Å². The summed E-state index contributed by atoms with van der Waals surface area (Å²) in [5.41, 5.74) is 0. The number of aliphatic hydroxyl groups excluding tert-OH is 1. The van der Waals surface area contributed by atoms with Gasteiger partial charge in [-0.1, -0.05) is 0 Å². The summed E-state index contributed by atoms with van der Waals surface area (Å²) in [5, 5.41) is 14.4. The van der Waals surface area contributed by atoms with E-state index in [-0.39, 0.29) is 26.7 Å². The summed E-state index contributed by atoms with van der Waals surface area (Å²) in [6, 6.07) is 0. The fraction of sp³-hybridized carbons (Fsp3) is 1.00. The van der Waals surface area contributed by atoms with E-state index >= 15 is 0 Å². The van der Waals surface area contributed by atoms with Gasteiger partial charge in [-0.15, -0.1) is 0 Å². The molecule has 4 atom stereocenters. The molecule has 0 fully saturated rings. The lowest BCUT2D eigenvalue weighted by Gasteiger charge is -2.20. The first-order valence-corrected chi connectivity index (χ1v) is 13.4. The van der Waals surface area contributed by atoms with Crippen LogP contribution in [0.4, 0.5) is 0 Å². The predicted octanol–water partition coefficient (Wildman–Crippen LogP) is -1.52. The Morgan fingerprint density at radius 3 is 1.69 bits per heavy atom. The van der Waals surface area contributed by atoms with Crippen molar-refractivity contribution >= 4 is 23.5 Å². The second-order valence-corrected chi connectivity index (χ2v) is 9.82. The van der Waals surface area contributed by atoms with E-state index in [1.165, 1.54) is 0 Å². The molecule has 194 valence electrons. The van der Waals surface area contributed by atoms with Crippen LogP contribution in [0, 0.1) is 0 Å². The van der Waals surface area contributed by atoms with Crippen LogP contribution in [-0.2, 0) is 45.8 Å². The zero-order valence-corrected chi connectivity index (χ0v) is 20.2. The minimum absolute atomic E-state index is 0.00763. The molecule has 0 heterocycles. The SMILES string of the molecule is CNCOCC(COP(=O)(O)OCCOP(=O)(O)OC(CO)COCNC)OP(=O)(O)O. The molecule has 0 aromatic carbocycles. The lowest BCUT2D eigenvalue weighted by Crippen LogP contribution is -2.27. The van der Waals surface area contributed by atoms with Crippen LogP contribution in [0.1, 0.15) is 0 Å². The van der Waals surface area contributed by atoms with Gasteiger partial charge in [0, 0.05) is 0 Å². The maximum Gasteiger partial charge on any atom is 0.472 e. The highest BCUT2D eigenvalue weighted by Gasteiger charge is 2.30. The number of phosphoric acid groups is 3. The van der Waals surface area contributed by atoms with Crippen LogP contribution < -0.4 is 10.6 Å². The molecule has 0 aliphatic carbocycles. The van der Waals surface area contributed by atoms with Crippen molar-refractivity contribution in [3.05, 3.63) is 0 Å². The molecular formula is C12H31N2O15P3. The number of hydrogen-bond acceptors (Lipinski definition) is 13. The first kappa shape index (κ1) is 32.1. The molecule has 32 heavy (non-hydrogen) atoms. The third-order valence-electron chi connectivity index (χ3n) is 2.89. The van der Waals surface area contributed by atoms with Gasteiger partial charge in [0.2, 0.25) is 0 Å². The summed E-state index contributed by atoms with van der Waals surface area (Å²) in [4.78, 5) is 36.9. The lowest BCUT2D eigenvalue weighted by atomic mass is 10.4. The van der Waals surface area contributed by atoms with Crippen molar-refractivity contribution in [2.75, 3.05) is 67.2 Å². The number of rotatable bonds is 21. The van der Waals surface area contributed by atoms with Crippen molar-refractivity contribution in [2.24, 2.45) is 0 Å². The predicted molar refractivity (Wildman–Crippen MR) is 106 cm³/mol. The maximum atomic E-state index is 11.8. The molecular weight excluding hydrogens is 505 g/mol. The second kappa shape index (κ2) is 16.7. The van der Waals surface area contributed by atoms with E-state index in [1.807, 2.05) is 0 Å². The Hall–Kier alpha value is 0.130. The summed E-state index contributed by atoms with van der Waals surface area (Å²) >= 11 is 0. The highest BCUT2D eigenvalue weighted by molar-refractivity contribution is 7.47.